The van der Waals surface area contributed by atoms with Crippen LogP contribution in [0.15, 0.2) is 47.8 Å². The van der Waals surface area contributed by atoms with E-state index < -0.39 is 10.8 Å². The molecule has 1 aliphatic rings. The standard InChI is InChI=1S/C18H21NO2S2/c1-14(15-7-3-2-4-8-15)23(21)13-18(20)19-11-5-9-16(19)17-10-6-12-22-17/h2-4,6-8,10,12,14,16H,5,9,11,13H2,1H3/t14-,16-,23+/m1/s1. The van der Waals surface area contributed by atoms with Crippen molar-refractivity contribution in [3.05, 3.63) is 58.3 Å². The van der Waals surface area contributed by atoms with E-state index >= 15 is 0 Å². The predicted molar refractivity (Wildman–Crippen MR) is 95.9 cm³/mol. The van der Waals surface area contributed by atoms with Gasteiger partial charge in [0.15, 0.2) is 0 Å². The molecule has 122 valence electrons. The van der Waals surface area contributed by atoms with Crippen LogP contribution in [0.2, 0.25) is 0 Å². The van der Waals surface area contributed by atoms with Crippen molar-refractivity contribution in [3.8, 4) is 0 Å². The summed E-state index contributed by atoms with van der Waals surface area (Å²) in [5.74, 6) is 0.125. The molecule has 0 N–H and O–H groups in total. The van der Waals surface area contributed by atoms with E-state index in [1.54, 1.807) is 11.3 Å². The van der Waals surface area contributed by atoms with Gasteiger partial charge in [0.1, 0.15) is 5.75 Å². The van der Waals surface area contributed by atoms with E-state index in [0.29, 0.717) is 0 Å². The van der Waals surface area contributed by atoms with Gasteiger partial charge in [-0.3, -0.25) is 9.00 Å². The first-order chi connectivity index (χ1) is 11.2. The van der Waals surface area contributed by atoms with Gasteiger partial charge in [-0.15, -0.1) is 11.3 Å². The molecule has 1 aliphatic heterocycles. The summed E-state index contributed by atoms with van der Waals surface area (Å²) in [5.41, 5.74) is 1.02. The van der Waals surface area contributed by atoms with Crippen LogP contribution in [-0.4, -0.2) is 27.3 Å². The molecule has 1 amide bonds. The van der Waals surface area contributed by atoms with Gasteiger partial charge in [-0.05, 0) is 36.8 Å². The molecule has 0 bridgehead atoms. The van der Waals surface area contributed by atoms with Gasteiger partial charge in [0.05, 0.1) is 11.3 Å². The van der Waals surface area contributed by atoms with E-state index in [4.69, 9.17) is 0 Å². The second-order valence-electron chi connectivity index (χ2n) is 5.84. The summed E-state index contributed by atoms with van der Waals surface area (Å²) in [5, 5.41) is 1.93. The zero-order valence-electron chi connectivity index (χ0n) is 13.2. The van der Waals surface area contributed by atoms with Crippen LogP contribution in [0.1, 0.15) is 41.5 Å². The van der Waals surface area contributed by atoms with E-state index in [-0.39, 0.29) is 23.0 Å². The average Bonchev–Trinajstić information content (AvgIpc) is 3.25. The molecule has 0 saturated carbocycles. The van der Waals surface area contributed by atoms with Crippen LogP contribution < -0.4 is 0 Å². The largest absolute Gasteiger partial charge is 0.334 e. The lowest BCUT2D eigenvalue weighted by molar-refractivity contribution is -0.129. The third kappa shape index (κ3) is 3.72. The summed E-state index contributed by atoms with van der Waals surface area (Å²) in [7, 11) is -1.19. The number of carbonyl (C=O) groups is 1. The third-order valence-electron chi connectivity index (χ3n) is 4.37. The van der Waals surface area contributed by atoms with Crippen molar-refractivity contribution in [1.29, 1.82) is 0 Å². The Bertz CT molecular complexity index is 670. The van der Waals surface area contributed by atoms with Crippen LogP contribution in [0, 0.1) is 0 Å². The van der Waals surface area contributed by atoms with Gasteiger partial charge in [-0.25, -0.2) is 0 Å². The second kappa shape index (κ2) is 7.41. The van der Waals surface area contributed by atoms with Gasteiger partial charge in [0.2, 0.25) is 5.91 Å². The van der Waals surface area contributed by atoms with Gasteiger partial charge >= 0.3 is 0 Å². The minimum absolute atomic E-state index is 0.0158. The van der Waals surface area contributed by atoms with Gasteiger partial charge in [-0.1, -0.05) is 36.4 Å². The molecule has 3 nitrogen and oxygen atoms in total. The minimum atomic E-state index is -1.19. The Hall–Kier alpha value is -1.46. The van der Waals surface area contributed by atoms with E-state index in [2.05, 4.69) is 6.07 Å². The SMILES string of the molecule is C[C@H](c1ccccc1)[S@@](=O)CC(=O)N1CCC[C@@H]1c1cccs1. The molecular formula is C18H21NO2S2. The quantitative estimate of drug-likeness (QED) is 0.822. The van der Waals surface area contributed by atoms with Gasteiger partial charge < -0.3 is 4.90 Å². The normalized spacial score (nSPS) is 20.4. The second-order valence-corrected chi connectivity index (χ2v) is 8.58. The number of benzene rings is 1. The summed E-state index contributed by atoms with van der Waals surface area (Å²) in [4.78, 5) is 15.8. The number of hydrogen-bond donors (Lipinski definition) is 0. The fraction of sp³-hybridized carbons (Fsp3) is 0.389. The molecule has 3 rings (SSSR count). The maximum atomic E-state index is 12.6. The van der Waals surface area contributed by atoms with Crippen molar-refractivity contribution in [2.45, 2.75) is 31.1 Å². The van der Waals surface area contributed by atoms with Crippen molar-refractivity contribution in [2.75, 3.05) is 12.3 Å². The molecule has 1 aromatic carbocycles. The highest BCUT2D eigenvalue weighted by Crippen LogP contribution is 2.34. The highest BCUT2D eigenvalue weighted by molar-refractivity contribution is 7.86. The first kappa shape index (κ1) is 16.4. The first-order valence-electron chi connectivity index (χ1n) is 7.92. The van der Waals surface area contributed by atoms with Crippen LogP contribution in [-0.2, 0) is 15.6 Å². The third-order valence-corrected chi connectivity index (χ3v) is 6.94. The summed E-state index contributed by atoms with van der Waals surface area (Å²) >= 11 is 1.69. The smallest absolute Gasteiger partial charge is 0.235 e. The van der Waals surface area contributed by atoms with Gasteiger partial charge in [-0.2, -0.15) is 0 Å². The van der Waals surface area contributed by atoms with Gasteiger partial charge in [0, 0.05) is 22.2 Å². The Labute approximate surface area is 143 Å². The molecule has 1 aromatic heterocycles. The molecule has 0 unspecified atom stereocenters. The Morgan fingerprint density at radius 1 is 1.30 bits per heavy atom. The summed E-state index contributed by atoms with van der Waals surface area (Å²) in [6.07, 6.45) is 2.03. The van der Waals surface area contributed by atoms with Crippen LogP contribution in [0.3, 0.4) is 0 Å². The van der Waals surface area contributed by atoms with E-state index in [1.807, 2.05) is 53.6 Å². The molecule has 0 spiro atoms. The molecular weight excluding hydrogens is 326 g/mol. The number of hydrogen-bond acceptors (Lipinski definition) is 3. The first-order valence-corrected chi connectivity index (χ1v) is 10.2. The minimum Gasteiger partial charge on any atom is -0.334 e. The highest BCUT2D eigenvalue weighted by Gasteiger charge is 2.31. The predicted octanol–water partition coefficient (Wildman–Crippen LogP) is 3.92. The fourth-order valence-corrected chi connectivity index (χ4v) is 5.04. The van der Waals surface area contributed by atoms with E-state index in [9.17, 15) is 9.00 Å². The summed E-state index contributed by atoms with van der Waals surface area (Å²) < 4.78 is 12.6. The number of amides is 1. The molecule has 23 heavy (non-hydrogen) atoms. The van der Waals surface area contributed by atoms with Crippen molar-refractivity contribution < 1.29 is 9.00 Å². The molecule has 1 saturated heterocycles. The molecule has 1 fully saturated rings. The lowest BCUT2D eigenvalue weighted by Gasteiger charge is -2.24. The van der Waals surface area contributed by atoms with Crippen LogP contribution >= 0.6 is 11.3 Å². The monoisotopic (exact) mass is 347 g/mol. The maximum absolute atomic E-state index is 12.6. The number of nitrogens with zero attached hydrogens (tertiary/aromatic N) is 1. The summed E-state index contributed by atoms with van der Waals surface area (Å²) in [6.45, 7) is 2.71. The fourth-order valence-electron chi connectivity index (χ4n) is 3.05. The van der Waals surface area contributed by atoms with E-state index in [0.717, 1.165) is 24.9 Å². The molecule has 5 heteroatoms. The molecule has 0 radical (unpaired) electrons. The molecule has 3 atom stereocenters. The van der Waals surface area contributed by atoms with Crippen LogP contribution in [0.4, 0.5) is 0 Å². The van der Waals surface area contributed by atoms with Crippen LogP contribution in [0.5, 0.6) is 0 Å². The molecule has 0 aliphatic carbocycles. The topological polar surface area (TPSA) is 37.4 Å². The zero-order valence-corrected chi connectivity index (χ0v) is 14.8. The molecule has 2 heterocycles. The lowest BCUT2D eigenvalue weighted by atomic mass is 10.2. The lowest BCUT2D eigenvalue weighted by Crippen LogP contribution is -2.34. The Morgan fingerprint density at radius 3 is 2.78 bits per heavy atom. The van der Waals surface area contributed by atoms with Crippen LogP contribution in [0.25, 0.3) is 0 Å². The Morgan fingerprint density at radius 2 is 2.09 bits per heavy atom. The summed E-state index contributed by atoms with van der Waals surface area (Å²) in [6, 6.07) is 14.1. The van der Waals surface area contributed by atoms with Crippen molar-refractivity contribution >= 4 is 28.0 Å². The van der Waals surface area contributed by atoms with E-state index in [1.165, 1.54) is 4.88 Å². The number of carbonyl (C=O) groups excluding carboxylic acids is 1. The zero-order chi connectivity index (χ0) is 16.2. The number of likely N-dealkylation sites (tertiary alicyclic amines) is 1. The van der Waals surface area contributed by atoms with Crippen molar-refractivity contribution in [3.63, 3.8) is 0 Å². The van der Waals surface area contributed by atoms with Crippen molar-refractivity contribution in [1.82, 2.24) is 4.90 Å². The van der Waals surface area contributed by atoms with Crippen molar-refractivity contribution in [2.24, 2.45) is 0 Å². The van der Waals surface area contributed by atoms with Gasteiger partial charge in [0.25, 0.3) is 0 Å². The molecule has 2 aromatic rings. The highest BCUT2D eigenvalue weighted by atomic mass is 32.2. The average molecular weight is 348 g/mol. The maximum Gasteiger partial charge on any atom is 0.235 e. The number of thiophene rings is 1. The Kier molecular flexibility index (Phi) is 5.28. The number of rotatable bonds is 5. The Balaban J connectivity index is 1.65.